The lowest BCUT2D eigenvalue weighted by molar-refractivity contribution is 0.112. The van der Waals surface area contributed by atoms with Crippen molar-refractivity contribution in [1.29, 1.82) is 5.26 Å². The summed E-state index contributed by atoms with van der Waals surface area (Å²) in [5.41, 5.74) is 1.22. The van der Waals surface area contributed by atoms with Gasteiger partial charge in [-0.15, -0.1) is 0 Å². The smallest absolute Gasteiger partial charge is 0.189 e. The molecule has 0 aliphatic carbocycles. The highest BCUT2D eigenvalue weighted by molar-refractivity contribution is 7.16. The van der Waals surface area contributed by atoms with E-state index in [1.807, 2.05) is 0 Å². The number of nitrogens with one attached hydrogen (secondary N) is 1. The summed E-state index contributed by atoms with van der Waals surface area (Å²) >= 11 is 1.26. The zero-order valence-corrected chi connectivity index (χ0v) is 9.78. The minimum atomic E-state index is 0.535. The molecule has 0 fully saturated rings. The lowest BCUT2D eigenvalue weighted by atomic mass is 10.3. The second kappa shape index (κ2) is 4.72. The minimum Gasteiger partial charge on any atom is -0.316 e. The molecule has 0 amide bonds. The molecule has 2 heterocycles. The summed E-state index contributed by atoms with van der Waals surface area (Å²) < 4.78 is 0. The summed E-state index contributed by atoms with van der Waals surface area (Å²) in [6.07, 6.45) is 2.29. The fourth-order valence-corrected chi connectivity index (χ4v) is 2.02. The summed E-state index contributed by atoms with van der Waals surface area (Å²) in [5.74, 6) is 0.535. The van der Waals surface area contributed by atoms with Gasteiger partial charge in [-0.25, -0.2) is 9.97 Å². The number of pyridine rings is 1. The maximum atomic E-state index is 10.6. The first-order chi connectivity index (χ1) is 8.22. The number of aromatic nitrogens is 2. The van der Waals surface area contributed by atoms with Crippen LogP contribution in [-0.4, -0.2) is 16.3 Å². The van der Waals surface area contributed by atoms with E-state index < -0.39 is 0 Å². The van der Waals surface area contributed by atoms with Crippen LogP contribution in [0.2, 0.25) is 0 Å². The van der Waals surface area contributed by atoms with Crippen molar-refractivity contribution in [3.63, 3.8) is 0 Å². The van der Waals surface area contributed by atoms with Crippen LogP contribution < -0.4 is 5.32 Å². The van der Waals surface area contributed by atoms with Crippen molar-refractivity contribution >= 4 is 28.6 Å². The van der Waals surface area contributed by atoms with Crippen LogP contribution in [0.5, 0.6) is 0 Å². The molecule has 5 nitrogen and oxygen atoms in total. The van der Waals surface area contributed by atoms with E-state index in [0.29, 0.717) is 27.1 Å². The van der Waals surface area contributed by atoms with Crippen LogP contribution in [0.15, 0.2) is 18.3 Å². The molecule has 0 bridgehead atoms. The topological polar surface area (TPSA) is 78.7 Å². The Morgan fingerprint density at radius 2 is 2.41 bits per heavy atom. The van der Waals surface area contributed by atoms with Gasteiger partial charge in [-0.2, -0.15) is 5.26 Å². The molecule has 0 aliphatic heterocycles. The highest BCUT2D eigenvalue weighted by Crippen LogP contribution is 2.24. The number of hydrogen-bond acceptors (Lipinski definition) is 6. The molecular weight excluding hydrogens is 236 g/mol. The molecule has 0 unspecified atom stereocenters. The predicted molar refractivity (Wildman–Crippen MR) is 64.5 cm³/mol. The number of anilines is 2. The second-order valence-electron chi connectivity index (χ2n) is 3.26. The van der Waals surface area contributed by atoms with E-state index in [-0.39, 0.29) is 0 Å². The van der Waals surface area contributed by atoms with E-state index in [1.165, 1.54) is 17.5 Å². The SMILES string of the molecule is Cc1nc(Nc2cc(C=O)ccn2)sc1C#N. The quantitative estimate of drug-likeness (QED) is 0.838. The van der Waals surface area contributed by atoms with Crippen LogP contribution in [0.25, 0.3) is 0 Å². The number of aldehydes is 1. The third-order valence-electron chi connectivity index (χ3n) is 2.05. The molecule has 2 aromatic rings. The number of carbonyl (C=O) groups excluding carboxylic acids is 1. The van der Waals surface area contributed by atoms with Gasteiger partial charge >= 0.3 is 0 Å². The lowest BCUT2D eigenvalue weighted by Gasteiger charge is -2.00. The van der Waals surface area contributed by atoms with Crippen molar-refractivity contribution in [3.05, 3.63) is 34.5 Å². The minimum absolute atomic E-state index is 0.535. The van der Waals surface area contributed by atoms with Gasteiger partial charge in [0.25, 0.3) is 0 Å². The molecule has 0 aliphatic rings. The fourth-order valence-electron chi connectivity index (χ4n) is 1.25. The van der Waals surface area contributed by atoms with Gasteiger partial charge in [0, 0.05) is 11.8 Å². The molecule has 0 atom stereocenters. The van der Waals surface area contributed by atoms with E-state index >= 15 is 0 Å². The van der Waals surface area contributed by atoms with Crippen LogP contribution in [-0.2, 0) is 0 Å². The highest BCUT2D eigenvalue weighted by atomic mass is 32.1. The van der Waals surface area contributed by atoms with E-state index in [1.54, 1.807) is 19.1 Å². The molecule has 0 aromatic carbocycles. The van der Waals surface area contributed by atoms with Gasteiger partial charge in [-0.05, 0) is 19.1 Å². The summed E-state index contributed by atoms with van der Waals surface area (Å²) in [5, 5.41) is 12.4. The molecule has 0 saturated carbocycles. The summed E-state index contributed by atoms with van der Waals surface area (Å²) in [7, 11) is 0. The van der Waals surface area contributed by atoms with Crippen LogP contribution in [0.3, 0.4) is 0 Å². The Balaban J connectivity index is 2.25. The van der Waals surface area contributed by atoms with Crippen molar-refractivity contribution in [2.75, 3.05) is 5.32 Å². The Labute approximate surface area is 102 Å². The van der Waals surface area contributed by atoms with Crippen molar-refractivity contribution in [1.82, 2.24) is 9.97 Å². The predicted octanol–water partition coefficient (Wildman–Crippen LogP) is 2.27. The Morgan fingerprint density at radius 3 is 3.06 bits per heavy atom. The number of thiazole rings is 1. The molecule has 0 radical (unpaired) electrons. The number of hydrogen-bond donors (Lipinski definition) is 1. The number of rotatable bonds is 3. The largest absolute Gasteiger partial charge is 0.316 e. The average molecular weight is 244 g/mol. The first kappa shape index (κ1) is 11.2. The van der Waals surface area contributed by atoms with Crippen LogP contribution in [0.1, 0.15) is 20.9 Å². The standard InChI is InChI=1S/C11H8N4OS/c1-7-9(5-12)17-11(14-7)15-10-4-8(6-16)2-3-13-10/h2-4,6H,1H3,(H,13,14,15). The number of nitriles is 1. The Morgan fingerprint density at radius 1 is 1.59 bits per heavy atom. The Hall–Kier alpha value is -2.26. The monoisotopic (exact) mass is 244 g/mol. The van der Waals surface area contributed by atoms with Gasteiger partial charge in [-0.3, -0.25) is 4.79 Å². The molecule has 0 spiro atoms. The normalized spacial score (nSPS) is 9.65. The Kier molecular flexibility index (Phi) is 3.12. The number of carbonyl (C=O) groups is 1. The number of aryl methyl sites for hydroxylation is 1. The van der Waals surface area contributed by atoms with Gasteiger partial charge in [0.2, 0.25) is 0 Å². The van der Waals surface area contributed by atoms with Crippen molar-refractivity contribution < 1.29 is 4.79 Å². The van der Waals surface area contributed by atoms with E-state index in [9.17, 15) is 4.79 Å². The molecule has 17 heavy (non-hydrogen) atoms. The van der Waals surface area contributed by atoms with Gasteiger partial charge in [0.1, 0.15) is 23.1 Å². The van der Waals surface area contributed by atoms with E-state index in [4.69, 9.17) is 5.26 Å². The second-order valence-corrected chi connectivity index (χ2v) is 4.26. The molecule has 2 aromatic heterocycles. The molecular formula is C11H8N4OS. The first-order valence-corrected chi connectivity index (χ1v) is 5.60. The summed E-state index contributed by atoms with van der Waals surface area (Å²) in [4.78, 5) is 19.4. The summed E-state index contributed by atoms with van der Waals surface area (Å²) in [6.45, 7) is 1.77. The first-order valence-electron chi connectivity index (χ1n) is 4.78. The molecule has 6 heteroatoms. The maximum Gasteiger partial charge on any atom is 0.189 e. The van der Waals surface area contributed by atoms with Gasteiger partial charge in [0.15, 0.2) is 5.13 Å². The molecule has 0 saturated heterocycles. The zero-order valence-electron chi connectivity index (χ0n) is 8.97. The molecule has 2 rings (SSSR count). The number of nitrogens with zero attached hydrogens (tertiary/aromatic N) is 3. The third-order valence-corrected chi connectivity index (χ3v) is 3.03. The maximum absolute atomic E-state index is 10.6. The van der Waals surface area contributed by atoms with E-state index in [2.05, 4.69) is 21.4 Å². The fraction of sp³-hybridized carbons (Fsp3) is 0.0909. The van der Waals surface area contributed by atoms with Gasteiger partial charge in [0.05, 0.1) is 5.69 Å². The molecule has 1 N–H and O–H groups in total. The van der Waals surface area contributed by atoms with Gasteiger partial charge < -0.3 is 5.32 Å². The van der Waals surface area contributed by atoms with Crippen LogP contribution in [0, 0.1) is 18.3 Å². The Bertz CT molecular complexity index is 600. The van der Waals surface area contributed by atoms with Crippen LogP contribution in [0.4, 0.5) is 10.9 Å². The highest BCUT2D eigenvalue weighted by Gasteiger charge is 2.07. The van der Waals surface area contributed by atoms with Crippen molar-refractivity contribution in [2.45, 2.75) is 6.92 Å². The van der Waals surface area contributed by atoms with E-state index in [0.717, 1.165) is 6.29 Å². The summed E-state index contributed by atoms with van der Waals surface area (Å²) in [6, 6.07) is 5.30. The van der Waals surface area contributed by atoms with Gasteiger partial charge in [-0.1, -0.05) is 11.3 Å². The molecule has 84 valence electrons. The van der Waals surface area contributed by atoms with Crippen molar-refractivity contribution in [2.24, 2.45) is 0 Å². The third kappa shape index (κ3) is 2.46. The zero-order chi connectivity index (χ0) is 12.3. The van der Waals surface area contributed by atoms with Crippen LogP contribution >= 0.6 is 11.3 Å². The lowest BCUT2D eigenvalue weighted by Crippen LogP contribution is -1.93. The average Bonchev–Trinajstić information content (AvgIpc) is 2.69. The van der Waals surface area contributed by atoms with Crippen molar-refractivity contribution in [3.8, 4) is 6.07 Å².